The molecule has 0 bridgehead atoms. The Balaban J connectivity index is 1.43. The molecular formula is C33H36N4O7S. The molecule has 3 amide bonds. The molecule has 2 N–H and O–H groups in total. The fourth-order valence-corrected chi connectivity index (χ4v) is 6.75. The van der Waals surface area contributed by atoms with E-state index in [1.54, 1.807) is 69.7 Å². The van der Waals surface area contributed by atoms with Crippen molar-refractivity contribution < 1.29 is 32.3 Å². The van der Waals surface area contributed by atoms with E-state index in [-0.39, 0.29) is 22.6 Å². The number of nitrogens with one attached hydrogen (secondary N) is 2. The fraction of sp³-hybridized carbons (Fsp3) is 0.303. The van der Waals surface area contributed by atoms with E-state index in [0.29, 0.717) is 34.5 Å². The monoisotopic (exact) mass is 632 g/mol. The summed E-state index contributed by atoms with van der Waals surface area (Å²) in [7, 11) is 0.692. The molecule has 0 saturated heterocycles. The number of hydrogen-bond donors (Lipinski definition) is 2. The quantitative estimate of drug-likeness (QED) is 0.255. The van der Waals surface area contributed by atoms with Gasteiger partial charge in [-0.3, -0.25) is 14.7 Å². The van der Waals surface area contributed by atoms with E-state index in [4.69, 9.17) is 9.47 Å². The Bertz CT molecular complexity index is 1880. The molecule has 3 aromatic carbocycles. The number of anilines is 1. The van der Waals surface area contributed by atoms with E-state index in [1.807, 2.05) is 0 Å². The minimum absolute atomic E-state index is 0.0197. The Hall–Kier alpha value is -4.84. The van der Waals surface area contributed by atoms with Crippen molar-refractivity contribution in [1.82, 2.24) is 14.2 Å². The van der Waals surface area contributed by atoms with Gasteiger partial charge in [-0.15, -0.1) is 0 Å². The molecule has 5 rings (SSSR count). The lowest BCUT2D eigenvalue weighted by Gasteiger charge is -2.13. The van der Waals surface area contributed by atoms with Crippen LogP contribution >= 0.6 is 0 Å². The van der Waals surface area contributed by atoms with Crippen LogP contribution in [0.1, 0.15) is 52.7 Å². The third kappa shape index (κ3) is 6.96. The number of sulfonamides is 1. The zero-order chi connectivity index (χ0) is 32.3. The lowest BCUT2D eigenvalue weighted by Crippen LogP contribution is -2.31. The summed E-state index contributed by atoms with van der Waals surface area (Å²) >= 11 is 0. The molecule has 12 heteroatoms. The Morgan fingerprint density at radius 1 is 0.978 bits per heavy atom. The smallest absolute Gasteiger partial charge is 0.411 e. The molecule has 1 fully saturated rings. The highest BCUT2D eigenvalue weighted by Gasteiger charge is 2.23. The number of nitrogens with zero attached hydrogens (tertiary/aromatic N) is 2. The average Bonchev–Trinajstić information content (AvgIpc) is 3.64. The second-order valence-electron chi connectivity index (χ2n) is 11.3. The van der Waals surface area contributed by atoms with Crippen LogP contribution < -0.4 is 14.8 Å². The van der Waals surface area contributed by atoms with Crippen molar-refractivity contribution >= 4 is 44.6 Å². The Labute approximate surface area is 262 Å². The molecule has 1 saturated carbocycles. The predicted octanol–water partition coefficient (Wildman–Crippen LogP) is 5.69. The van der Waals surface area contributed by atoms with Crippen molar-refractivity contribution in [3.63, 3.8) is 0 Å². The highest BCUT2D eigenvalue weighted by molar-refractivity contribution is 7.90. The summed E-state index contributed by atoms with van der Waals surface area (Å²) < 4.78 is 40.6. The maximum Gasteiger partial charge on any atom is 0.411 e. The molecule has 0 aliphatic heterocycles. The SMILES string of the molecule is COc1cc(C(=O)NS(=O)(=O)c2ccccc2C)ccc1Cc1cn(C(=O)N(C)C)c2ccc(NC(=O)OC3CCCC3)cc12. The third-order valence-corrected chi connectivity index (χ3v) is 9.33. The number of fused-ring (bicyclic) bond motifs is 1. The minimum Gasteiger partial charge on any atom is -0.496 e. The van der Waals surface area contributed by atoms with Crippen molar-refractivity contribution in [1.29, 1.82) is 0 Å². The Morgan fingerprint density at radius 2 is 1.71 bits per heavy atom. The number of ether oxygens (including phenoxy) is 2. The van der Waals surface area contributed by atoms with E-state index in [2.05, 4.69) is 10.0 Å². The van der Waals surface area contributed by atoms with Crippen LogP contribution in [-0.2, 0) is 21.2 Å². The van der Waals surface area contributed by atoms with Crippen LogP contribution in [0, 0.1) is 6.92 Å². The second-order valence-corrected chi connectivity index (χ2v) is 12.9. The number of carbonyl (C=O) groups excluding carboxylic acids is 3. The predicted molar refractivity (Wildman–Crippen MR) is 170 cm³/mol. The molecule has 236 valence electrons. The summed E-state index contributed by atoms with van der Waals surface area (Å²) in [6.07, 6.45) is 5.25. The van der Waals surface area contributed by atoms with Gasteiger partial charge in [-0.05, 0) is 85.7 Å². The molecule has 1 aromatic heterocycles. The summed E-state index contributed by atoms with van der Waals surface area (Å²) in [6, 6.07) is 16.1. The van der Waals surface area contributed by atoms with Crippen LogP contribution in [0.2, 0.25) is 0 Å². The third-order valence-electron chi connectivity index (χ3n) is 7.84. The lowest BCUT2D eigenvalue weighted by atomic mass is 10.0. The summed E-state index contributed by atoms with van der Waals surface area (Å²) in [5.74, 6) is -0.429. The van der Waals surface area contributed by atoms with Gasteiger partial charge in [-0.2, -0.15) is 0 Å². The summed E-state index contributed by atoms with van der Waals surface area (Å²) in [4.78, 5) is 40.1. The lowest BCUT2D eigenvalue weighted by molar-refractivity contribution is 0.0980. The highest BCUT2D eigenvalue weighted by Crippen LogP contribution is 2.31. The van der Waals surface area contributed by atoms with Crippen LogP contribution in [0.25, 0.3) is 10.9 Å². The summed E-state index contributed by atoms with van der Waals surface area (Å²) in [5, 5.41) is 3.54. The standard InChI is InChI=1S/C33H36N4O7S/c1-21-9-5-8-12-30(21)45(41,42)35-31(38)23-14-13-22(29(18-23)43-4)17-24-20-37(33(40)36(2)3)28-16-15-25(19-27(24)28)34-32(39)44-26-10-6-7-11-26/h5,8-9,12-16,18-20,26H,6-7,10-11,17H2,1-4H3,(H,34,39)(H,35,38). The maximum absolute atomic E-state index is 13.0. The van der Waals surface area contributed by atoms with E-state index in [1.165, 1.54) is 34.8 Å². The highest BCUT2D eigenvalue weighted by atomic mass is 32.2. The number of carbonyl (C=O) groups is 3. The number of aromatic nitrogens is 1. The first-order chi connectivity index (χ1) is 21.5. The van der Waals surface area contributed by atoms with E-state index < -0.39 is 22.0 Å². The van der Waals surface area contributed by atoms with E-state index >= 15 is 0 Å². The van der Waals surface area contributed by atoms with Gasteiger partial charge in [0.15, 0.2) is 0 Å². The van der Waals surface area contributed by atoms with Crippen molar-refractivity contribution in [2.45, 2.75) is 50.0 Å². The topological polar surface area (TPSA) is 136 Å². The average molecular weight is 633 g/mol. The largest absolute Gasteiger partial charge is 0.496 e. The fourth-order valence-electron chi connectivity index (χ4n) is 5.53. The zero-order valence-corrected chi connectivity index (χ0v) is 26.4. The van der Waals surface area contributed by atoms with Gasteiger partial charge in [0, 0.05) is 43.4 Å². The van der Waals surface area contributed by atoms with Crippen molar-refractivity contribution in [2.75, 3.05) is 26.5 Å². The molecule has 1 aliphatic carbocycles. The summed E-state index contributed by atoms with van der Waals surface area (Å²) in [6.45, 7) is 1.65. The van der Waals surface area contributed by atoms with Crippen molar-refractivity contribution in [2.24, 2.45) is 0 Å². The van der Waals surface area contributed by atoms with Gasteiger partial charge < -0.3 is 14.4 Å². The molecule has 0 unspecified atom stereocenters. The van der Waals surface area contributed by atoms with Gasteiger partial charge in [-0.1, -0.05) is 24.3 Å². The molecule has 1 heterocycles. The zero-order valence-electron chi connectivity index (χ0n) is 25.6. The molecule has 1 aliphatic rings. The number of amides is 3. The van der Waals surface area contributed by atoms with Gasteiger partial charge in [-0.25, -0.2) is 22.7 Å². The number of benzene rings is 3. The Kier molecular flexibility index (Phi) is 9.14. The normalized spacial score (nSPS) is 13.4. The number of aryl methyl sites for hydroxylation is 1. The number of methoxy groups -OCH3 is 1. The maximum atomic E-state index is 13.0. The molecule has 0 radical (unpaired) electrons. The van der Waals surface area contributed by atoms with E-state index in [9.17, 15) is 22.8 Å². The molecule has 0 spiro atoms. The first-order valence-electron chi connectivity index (χ1n) is 14.6. The molecule has 11 nitrogen and oxygen atoms in total. The van der Waals surface area contributed by atoms with Crippen LogP contribution in [-0.4, -0.2) is 63.2 Å². The number of rotatable bonds is 8. The van der Waals surface area contributed by atoms with Gasteiger partial charge in [0.25, 0.3) is 15.9 Å². The van der Waals surface area contributed by atoms with Crippen molar-refractivity contribution in [3.8, 4) is 5.75 Å². The van der Waals surface area contributed by atoms with Gasteiger partial charge >= 0.3 is 12.1 Å². The van der Waals surface area contributed by atoms with Crippen LogP contribution in [0.5, 0.6) is 5.75 Å². The van der Waals surface area contributed by atoms with Gasteiger partial charge in [0.1, 0.15) is 11.9 Å². The van der Waals surface area contributed by atoms with Crippen LogP contribution in [0.15, 0.2) is 71.8 Å². The van der Waals surface area contributed by atoms with Crippen molar-refractivity contribution in [3.05, 3.63) is 89.1 Å². The number of hydrogen-bond acceptors (Lipinski definition) is 7. The molecule has 4 aromatic rings. The summed E-state index contributed by atoms with van der Waals surface area (Å²) in [5.41, 5.74) is 3.26. The van der Waals surface area contributed by atoms with Crippen LogP contribution in [0.4, 0.5) is 15.3 Å². The second kappa shape index (κ2) is 13.0. The first kappa shape index (κ1) is 31.6. The minimum atomic E-state index is -4.09. The molecular weight excluding hydrogens is 596 g/mol. The Morgan fingerprint density at radius 3 is 2.40 bits per heavy atom. The van der Waals surface area contributed by atoms with Gasteiger partial charge in [0.05, 0.1) is 17.5 Å². The molecule has 45 heavy (non-hydrogen) atoms. The van der Waals surface area contributed by atoms with Crippen LogP contribution in [0.3, 0.4) is 0 Å². The molecule has 0 atom stereocenters. The van der Waals surface area contributed by atoms with E-state index in [0.717, 1.165) is 36.6 Å². The van der Waals surface area contributed by atoms with Gasteiger partial charge in [0.2, 0.25) is 0 Å². The first-order valence-corrected chi connectivity index (χ1v) is 16.1.